The fourth-order valence-electron chi connectivity index (χ4n) is 4.06. The first kappa shape index (κ1) is 21.8. The molecule has 33 heavy (non-hydrogen) atoms. The molecule has 0 bridgehead atoms. The number of rotatable bonds is 5. The average Bonchev–Trinajstić information content (AvgIpc) is 2.83. The molecule has 0 spiro atoms. The largest absolute Gasteiger partial charge is 0.497 e. The van der Waals surface area contributed by atoms with Crippen LogP contribution in [-0.4, -0.2) is 25.3 Å². The molecular formula is C26H21Cl2NO4. The predicted molar refractivity (Wildman–Crippen MR) is 131 cm³/mol. The monoisotopic (exact) mass is 481 g/mol. The Labute approximate surface area is 201 Å². The third kappa shape index (κ3) is 4.44. The van der Waals surface area contributed by atoms with Gasteiger partial charge in [0, 0.05) is 28.5 Å². The van der Waals surface area contributed by atoms with Gasteiger partial charge in [-0.15, -0.1) is 0 Å². The summed E-state index contributed by atoms with van der Waals surface area (Å²) in [6.45, 7) is 1.81. The van der Waals surface area contributed by atoms with Gasteiger partial charge in [0.15, 0.2) is 0 Å². The van der Waals surface area contributed by atoms with E-state index < -0.39 is 0 Å². The SMILES string of the molecule is COc1ccc(-c2cc3ccc4c(c3oc2=O)CN(CCc2ccc(Cl)cc2Cl)CO4)cc1. The van der Waals surface area contributed by atoms with Gasteiger partial charge in [0.25, 0.3) is 0 Å². The summed E-state index contributed by atoms with van der Waals surface area (Å²) in [4.78, 5) is 15.0. The summed E-state index contributed by atoms with van der Waals surface area (Å²) in [5.41, 5.74) is 3.37. The first-order chi connectivity index (χ1) is 16.0. The second kappa shape index (κ2) is 9.10. The van der Waals surface area contributed by atoms with Crippen molar-refractivity contribution in [2.24, 2.45) is 0 Å². The Hall–Kier alpha value is -2.99. The minimum absolute atomic E-state index is 0.383. The molecular weight excluding hydrogens is 461 g/mol. The number of methoxy groups -OCH3 is 1. The van der Waals surface area contributed by atoms with Crippen molar-refractivity contribution >= 4 is 34.2 Å². The number of fused-ring (bicyclic) bond motifs is 3. The third-order valence-corrected chi connectivity index (χ3v) is 6.45. The van der Waals surface area contributed by atoms with E-state index in [1.807, 2.05) is 54.6 Å². The summed E-state index contributed by atoms with van der Waals surface area (Å²) in [6, 6.07) is 18.6. The van der Waals surface area contributed by atoms with Gasteiger partial charge in [-0.05, 0) is 60.0 Å². The molecule has 5 rings (SSSR count). The van der Waals surface area contributed by atoms with Crippen molar-refractivity contribution in [3.05, 3.63) is 92.3 Å². The first-order valence-corrected chi connectivity index (χ1v) is 11.3. The van der Waals surface area contributed by atoms with Crippen LogP contribution in [0.2, 0.25) is 10.0 Å². The minimum atomic E-state index is -0.383. The van der Waals surface area contributed by atoms with E-state index in [-0.39, 0.29) is 5.63 Å². The van der Waals surface area contributed by atoms with Crippen molar-refractivity contribution in [1.29, 1.82) is 0 Å². The molecule has 0 saturated heterocycles. The fourth-order valence-corrected chi connectivity index (χ4v) is 4.56. The summed E-state index contributed by atoms with van der Waals surface area (Å²) in [6.07, 6.45) is 0.755. The molecule has 7 heteroatoms. The van der Waals surface area contributed by atoms with Crippen LogP contribution in [0.4, 0.5) is 0 Å². The molecule has 168 valence electrons. The zero-order valence-corrected chi connectivity index (χ0v) is 19.4. The van der Waals surface area contributed by atoms with Crippen molar-refractivity contribution in [1.82, 2.24) is 4.90 Å². The van der Waals surface area contributed by atoms with Gasteiger partial charge >= 0.3 is 5.63 Å². The quantitative estimate of drug-likeness (QED) is 0.319. The Kier molecular flexibility index (Phi) is 6.02. The summed E-state index contributed by atoms with van der Waals surface area (Å²) in [5.74, 6) is 1.47. The summed E-state index contributed by atoms with van der Waals surface area (Å²) < 4.78 is 17.0. The van der Waals surface area contributed by atoms with Crippen LogP contribution in [0.5, 0.6) is 11.5 Å². The summed E-state index contributed by atoms with van der Waals surface area (Å²) in [7, 11) is 1.61. The van der Waals surface area contributed by atoms with Crippen molar-refractivity contribution in [3.8, 4) is 22.6 Å². The van der Waals surface area contributed by atoms with Gasteiger partial charge < -0.3 is 13.9 Å². The van der Waals surface area contributed by atoms with Crippen molar-refractivity contribution in [3.63, 3.8) is 0 Å². The highest BCUT2D eigenvalue weighted by molar-refractivity contribution is 6.35. The number of hydrogen-bond donors (Lipinski definition) is 0. The lowest BCUT2D eigenvalue weighted by Gasteiger charge is -2.29. The molecule has 0 amide bonds. The van der Waals surface area contributed by atoms with Gasteiger partial charge in [-0.1, -0.05) is 41.4 Å². The Bertz CT molecular complexity index is 1380. The van der Waals surface area contributed by atoms with Gasteiger partial charge in [-0.3, -0.25) is 4.90 Å². The van der Waals surface area contributed by atoms with Crippen molar-refractivity contribution < 1.29 is 13.9 Å². The Morgan fingerprint density at radius 1 is 1.03 bits per heavy atom. The minimum Gasteiger partial charge on any atom is -0.497 e. The average molecular weight is 482 g/mol. The third-order valence-electron chi connectivity index (χ3n) is 5.86. The van der Waals surface area contributed by atoms with Crippen LogP contribution >= 0.6 is 23.2 Å². The number of halogens is 2. The summed E-state index contributed by atoms with van der Waals surface area (Å²) >= 11 is 12.3. The maximum atomic E-state index is 12.9. The Morgan fingerprint density at radius 2 is 1.85 bits per heavy atom. The normalized spacial score (nSPS) is 13.5. The maximum Gasteiger partial charge on any atom is 0.344 e. The first-order valence-electron chi connectivity index (χ1n) is 10.5. The fraction of sp³-hybridized carbons (Fsp3) is 0.192. The van der Waals surface area contributed by atoms with E-state index >= 15 is 0 Å². The lowest BCUT2D eigenvalue weighted by atomic mass is 10.0. The molecule has 0 radical (unpaired) electrons. The highest BCUT2D eigenvalue weighted by Crippen LogP contribution is 2.33. The highest BCUT2D eigenvalue weighted by Gasteiger charge is 2.22. The van der Waals surface area contributed by atoms with Gasteiger partial charge in [-0.2, -0.15) is 0 Å². The molecule has 1 aliphatic rings. The number of hydrogen-bond acceptors (Lipinski definition) is 5. The van der Waals surface area contributed by atoms with Crippen LogP contribution in [0, 0.1) is 0 Å². The smallest absolute Gasteiger partial charge is 0.344 e. The van der Waals surface area contributed by atoms with E-state index in [2.05, 4.69) is 4.90 Å². The molecule has 0 saturated carbocycles. The van der Waals surface area contributed by atoms with E-state index in [0.29, 0.717) is 34.5 Å². The maximum absolute atomic E-state index is 12.9. The van der Waals surface area contributed by atoms with E-state index in [1.54, 1.807) is 13.2 Å². The molecule has 0 unspecified atom stereocenters. The van der Waals surface area contributed by atoms with Crippen molar-refractivity contribution in [2.45, 2.75) is 13.0 Å². The number of benzene rings is 3. The van der Waals surface area contributed by atoms with Crippen LogP contribution < -0.4 is 15.1 Å². The van der Waals surface area contributed by atoms with E-state index in [0.717, 1.165) is 46.5 Å². The molecule has 0 aliphatic carbocycles. The van der Waals surface area contributed by atoms with E-state index in [1.165, 1.54) is 0 Å². The van der Waals surface area contributed by atoms with Crippen molar-refractivity contribution in [2.75, 3.05) is 20.4 Å². The molecule has 0 N–H and O–H groups in total. The van der Waals surface area contributed by atoms with Crippen LogP contribution in [0.25, 0.3) is 22.1 Å². The molecule has 5 nitrogen and oxygen atoms in total. The lowest BCUT2D eigenvalue weighted by molar-refractivity contribution is 0.0968. The van der Waals surface area contributed by atoms with E-state index in [9.17, 15) is 4.79 Å². The second-order valence-corrected chi connectivity index (χ2v) is 8.79. The van der Waals surface area contributed by atoms with Crippen LogP contribution in [0.1, 0.15) is 11.1 Å². The molecule has 3 aromatic carbocycles. The standard InChI is InChI=1S/C26H21Cl2NO4/c1-31-20-7-3-16(4-8-20)21-12-18-5-9-24-22(25(18)33-26(21)30)14-29(15-32-24)11-10-17-2-6-19(27)13-23(17)28/h2-9,12-13H,10-11,14-15H2,1H3. The highest BCUT2D eigenvalue weighted by atomic mass is 35.5. The zero-order valence-electron chi connectivity index (χ0n) is 17.9. The van der Waals surface area contributed by atoms with Gasteiger partial charge in [-0.25, -0.2) is 4.79 Å². The molecule has 2 heterocycles. The molecule has 4 aromatic rings. The topological polar surface area (TPSA) is 51.9 Å². The van der Waals surface area contributed by atoms with Gasteiger partial charge in [0.2, 0.25) is 0 Å². The number of nitrogens with zero attached hydrogens (tertiary/aromatic N) is 1. The van der Waals surface area contributed by atoms with E-state index in [4.69, 9.17) is 37.1 Å². The molecule has 1 aromatic heterocycles. The summed E-state index contributed by atoms with van der Waals surface area (Å²) in [5, 5.41) is 2.13. The van der Waals surface area contributed by atoms with Crippen LogP contribution in [0.3, 0.4) is 0 Å². The molecule has 1 aliphatic heterocycles. The molecule has 0 fully saturated rings. The Balaban J connectivity index is 1.42. The number of ether oxygens (including phenoxy) is 2. The predicted octanol–water partition coefficient (Wildman–Crippen LogP) is 6.17. The van der Waals surface area contributed by atoms with Crippen LogP contribution in [0.15, 0.2) is 69.9 Å². The van der Waals surface area contributed by atoms with Gasteiger partial charge in [0.1, 0.15) is 23.8 Å². The second-order valence-electron chi connectivity index (χ2n) is 7.95. The molecule has 0 atom stereocenters. The van der Waals surface area contributed by atoms with Gasteiger partial charge in [0.05, 0.1) is 18.2 Å². The lowest BCUT2D eigenvalue weighted by Crippen LogP contribution is -2.33. The van der Waals surface area contributed by atoms with Crippen LogP contribution in [-0.2, 0) is 13.0 Å². The Morgan fingerprint density at radius 3 is 2.61 bits per heavy atom. The zero-order chi connectivity index (χ0) is 22.9.